The number of nitrogens with zero attached hydrogens (tertiary/aromatic N) is 2. The Kier molecular flexibility index (Phi) is 3.81. The molecular formula is C12H9ClN4O3. The third-order valence-corrected chi connectivity index (χ3v) is 2.62. The molecule has 0 amide bonds. The third-order valence-electron chi connectivity index (χ3n) is 2.39. The third kappa shape index (κ3) is 2.83. The van der Waals surface area contributed by atoms with E-state index < -0.39 is 4.92 Å². The number of pyridine rings is 1. The molecule has 102 valence electrons. The van der Waals surface area contributed by atoms with E-state index in [4.69, 9.17) is 27.5 Å². The molecule has 0 saturated carbocycles. The Labute approximate surface area is 118 Å². The van der Waals surface area contributed by atoms with Crippen LogP contribution in [0, 0.1) is 15.5 Å². The smallest absolute Gasteiger partial charge is 0.311 e. The van der Waals surface area contributed by atoms with Crippen molar-refractivity contribution >= 4 is 23.1 Å². The SMILES string of the molecule is N=C(N)c1cccnc1Oc1cc(Cl)ccc1[N+](=O)[O-]. The molecular weight excluding hydrogens is 284 g/mol. The summed E-state index contributed by atoms with van der Waals surface area (Å²) in [6.45, 7) is 0. The van der Waals surface area contributed by atoms with E-state index >= 15 is 0 Å². The minimum Gasteiger partial charge on any atom is -0.431 e. The number of aromatic nitrogens is 1. The largest absolute Gasteiger partial charge is 0.431 e. The molecule has 0 saturated heterocycles. The number of hydrogen-bond acceptors (Lipinski definition) is 5. The quantitative estimate of drug-likeness (QED) is 0.389. The summed E-state index contributed by atoms with van der Waals surface area (Å²) in [5, 5.41) is 18.6. The average Bonchev–Trinajstić information content (AvgIpc) is 2.38. The van der Waals surface area contributed by atoms with Crippen LogP contribution in [0.5, 0.6) is 11.6 Å². The fraction of sp³-hybridized carbons (Fsp3) is 0. The highest BCUT2D eigenvalue weighted by Gasteiger charge is 2.18. The summed E-state index contributed by atoms with van der Waals surface area (Å²) in [4.78, 5) is 14.3. The van der Waals surface area contributed by atoms with Crippen LogP contribution < -0.4 is 10.5 Å². The van der Waals surface area contributed by atoms with Gasteiger partial charge in [0.25, 0.3) is 0 Å². The van der Waals surface area contributed by atoms with Gasteiger partial charge in [-0.15, -0.1) is 0 Å². The zero-order valence-corrected chi connectivity index (χ0v) is 10.8. The molecule has 0 radical (unpaired) electrons. The van der Waals surface area contributed by atoms with Gasteiger partial charge in [0.2, 0.25) is 11.6 Å². The van der Waals surface area contributed by atoms with Crippen molar-refractivity contribution in [1.82, 2.24) is 4.98 Å². The van der Waals surface area contributed by atoms with Crippen LogP contribution in [-0.2, 0) is 0 Å². The molecule has 0 aliphatic rings. The minimum absolute atomic E-state index is 0.00497. The molecule has 0 bridgehead atoms. The highest BCUT2D eigenvalue weighted by atomic mass is 35.5. The van der Waals surface area contributed by atoms with Crippen molar-refractivity contribution in [2.75, 3.05) is 0 Å². The van der Waals surface area contributed by atoms with Crippen molar-refractivity contribution in [3.05, 3.63) is 57.2 Å². The van der Waals surface area contributed by atoms with E-state index in [-0.39, 0.29) is 33.7 Å². The number of halogens is 1. The first-order valence-electron chi connectivity index (χ1n) is 5.40. The molecule has 0 aliphatic carbocycles. The molecule has 1 heterocycles. The van der Waals surface area contributed by atoms with Gasteiger partial charge < -0.3 is 10.5 Å². The lowest BCUT2D eigenvalue weighted by Gasteiger charge is -2.09. The van der Waals surface area contributed by atoms with Gasteiger partial charge in [-0.1, -0.05) is 11.6 Å². The molecule has 2 rings (SSSR count). The van der Waals surface area contributed by atoms with Gasteiger partial charge in [-0.2, -0.15) is 0 Å². The van der Waals surface area contributed by atoms with Crippen molar-refractivity contribution in [2.24, 2.45) is 5.73 Å². The van der Waals surface area contributed by atoms with E-state index in [0.717, 1.165) is 0 Å². The fourth-order valence-electron chi connectivity index (χ4n) is 1.50. The molecule has 1 aromatic carbocycles. The lowest BCUT2D eigenvalue weighted by atomic mass is 10.2. The van der Waals surface area contributed by atoms with Gasteiger partial charge in [0.1, 0.15) is 5.84 Å². The van der Waals surface area contributed by atoms with E-state index in [1.807, 2.05) is 0 Å². The van der Waals surface area contributed by atoms with Gasteiger partial charge in [0, 0.05) is 23.4 Å². The van der Waals surface area contributed by atoms with Crippen molar-refractivity contribution in [3.63, 3.8) is 0 Å². The lowest BCUT2D eigenvalue weighted by molar-refractivity contribution is -0.385. The first-order valence-corrected chi connectivity index (χ1v) is 5.78. The minimum atomic E-state index is -0.595. The maximum atomic E-state index is 10.9. The van der Waals surface area contributed by atoms with Crippen LogP contribution in [0.4, 0.5) is 5.69 Å². The topological polar surface area (TPSA) is 115 Å². The van der Waals surface area contributed by atoms with Crippen molar-refractivity contribution in [2.45, 2.75) is 0 Å². The summed E-state index contributed by atoms with van der Waals surface area (Å²) in [5.41, 5.74) is 5.38. The summed E-state index contributed by atoms with van der Waals surface area (Å²) < 4.78 is 5.39. The highest BCUT2D eigenvalue weighted by Crippen LogP contribution is 2.33. The number of amidine groups is 1. The Balaban J connectivity index is 2.47. The number of nitro groups is 1. The van der Waals surface area contributed by atoms with Gasteiger partial charge in [-0.25, -0.2) is 4.98 Å². The van der Waals surface area contributed by atoms with Crippen LogP contribution in [0.1, 0.15) is 5.56 Å². The molecule has 2 aromatic rings. The Morgan fingerprint density at radius 3 is 2.85 bits per heavy atom. The number of ether oxygens (including phenoxy) is 1. The first kappa shape index (κ1) is 13.8. The van der Waals surface area contributed by atoms with Crippen LogP contribution in [0.25, 0.3) is 0 Å². The molecule has 0 atom stereocenters. The second-order valence-corrected chi connectivity index (χ2v) is 4.18. The second-order valence-electron chi connectivity index (χ2n) is 3.74. The maximum absolute atomic E-state index is 10.9. The number of rotatable bonds is 4. The number of nitrogens with two attached hydrogens (primary N) is 1. The van der Waals surface area contributed by atoms with E-state index in [1.54, 1.807) is 6.07 Å². The Morgan fingerprint density at radius 1 is 1.45 bits per heavy atom. The number of nitrogens with one attached hydrogen (secondary N) is 1. The molecule has 1 aromatic heterocycles. The molecule has 0 unspecified atom stereocenters. The maximum Gasteiger partial charge on any atom is 0.311 e. The van der Waals surface area contributed by atoms with E-state index in [9.17, 15) is 10.1 Å². The first-order chi connectivity index (χ1) is 9.49. The molecule has 0 aliphatic heterocycles. The van der Waals surface area contributed by atoms with Crippen LogP contribution in [0.15, 0.2) is 36.5 Å². The van der Waals surface area contributed by atoms with E-state index in [1.165, 1.54) is 30.5 Å². The molecule has 0 fully saturated rings. The zero-order valence-electron chi connectivity index (χ0n) is 10.0. The number of hydrogen-bond donors (Lipinski definition) is 2. The van der Waals surface area contributed by atoms with Gasteiger partial charge >= 0.3 is 5.69 Å². The molecule has 7 nitrogen and oxygen atoms in total. The Hall–Kier alpha value is -2.67. The van der Waals surface area contributed by atoms with Crippen LogP contribution >= 0.6 is 11.6 Å². The summed E-state index contributed by atoms with van der Waals surface area (Å²) in [7, 11) is 0. The Morgan fingerprint density at radius 2 is 2.20 bits per heavy atom. The lowest BCUT2D eigenvalue weighted by Crippen LogP contribution is -2.13. The zero-order chi connectivity index (χ0) is 14.7. The second kappa shape index (κ2) is 5.54. The molecule has 8 heteroatoms. The predicted molar refractivity (Wildman–Crippen MR) is 73.4 cm³/mol. The fourth-order valence-corrected chi connectivity index (χ4v) is 1.66. The van der Waals surface area contributed by atoms with E-state index in [0.29, 0.717) is 0 Å². The van der Waals surface area contributed by atoms with Crippen LogP contribution in [-0.4, -0.2) is 15.7 Å². The van der Waals surface area contributed by atoms with Crippen LogP contribution in [0.2, 0.25) is 5.02 Å². The standard InChI is InChI=1S/C12H9ClN4O3/c13-7-3-4-9(17(18)19)10(6-7)20-12-8(11(14)15)2-1-5-16-12/h1-6H,(H3,14,15). The molecule has 20 heavy (non-hydrogen) atoms. The summed E-state index contributed by atoms with van der Waals surface area (Å²) in [6.07, 6.45) is 1.43. The average molecular weight is 293 g/mol. The van der Waals surface area contributed by atoms with Crippen molar-refractivity contribution in [3.8, 4) is 11.6 Å². The van der Waals surface area contributed by atoms with Gasteiger partial charge in [-0.05, 0) is 18.2 Å². The normalized spacial score (nSPS) is 10.1. The molecule has 0 spiro atoms. The number of nitrogen functional groups attached to an aromatic ring is 1. The predicted octanol–water partition coefficient (Wildman–Crippen LogP) is 2.72. The van der Waals surface area contributed by atoms with Gasteiger partial charge in [0.15, 0.2) is 0 Å². The summed E-state index contributed by atoms with van der Waals surface area (Å²) in [5.74, 6) is -0.313. The Bertz CT molecular complexity index is 690. The van der Waals surface area contributed by atoms with Crippen molar-refractivity contribution in [1.29, 1.82) is 5.41 Å². The summed E-state index contributed by atoms with van der Waals surface area (Å²) in [6, 6.07) is 7.03. The number of nitro benzene ring substituents is 1. The van der Waals surface area contributed by atoms with E-state index in [2.05, 4.69) is 4.98 Å². The van der Waals surface area contributed by atoms with Crippen molar-refractivity contribution < 1.29 is 9.66 Å². The van der Waals surface area contributed by atoms with Gasteiger partial charge in [0.05, 0.1) is 10.5 Å². The monoisotopic (exact) mass is 292 g/mol. The number of benzene rings is 1. The van der Waals surface area contributed by atoms with Crippen LogP contribution in [0.3, 0.4) is 0 Å². The highest BCUT2D eigenvalue weighted by molar-refractivity contribution is 6.30. The van der Waals surface area contributed by atoms with Gasteiger partial charge in [-0.3, -0.25) is 15.5 Å². The molecule has 3 N–H and O–H groups in total. The summed E-state index contributed by atoms with van der Waals surface area (Å²) >= 11 is 5.80.